The average molecular weight is 333 g/mol. The monoisotopic (exact) mass is 333 g/mol. The first-order valence-corrected chi connectivity index (χ1v) is 8.24. The predicted molar refractivity (Wildman–Crippen MR) is 83.1 cm³/mol. The highest BCUT2D eigenvalue weighted by Gasteiger charge is 2.16. The summed E-state index contributed by atoms with van der Waals surface area (Å²) in [5.74, 6) is 0. The topological polar surface area (TPSA) is 112 Å². The van der Waals surface area contributed by atoms with E-state index in [1.54, 1.807) is 12.1 Å². The minimum atomic E-state index is -3.79. The highest BCUT2D eigenvalue weighted by atomic mass is 32.2. The molecule has 1 aromatic heterocycles. The van der Waals surface area contributed by atoms with Gasteiger partial charge in [-0.1, -0.05) is 6.07 Å². The van der Waals surface area contributed by atoms with Gasteiger partial charge < -0.3 is 9.67 Å². The minimum absolute atomic E-state index is 0.000535. The van der Waals surface area contributed by atoms with Gasteiger partial charge in [0.15, 0.2) is 0 Å². The number of nitrogens with zero attached hydrogens (tertiary/aromatic N) is 2. The number of nitrogens with one attached hydrogen (secondary N) is 1. The summed E-state index contributed by atoms with van der Waals surface area (Å²) in [6, 6.07) is 11.9. The summed E-state index contributed by atoms with van der Waals surface area (Å²) in [5, 5.41) is 18.6. The maximum atomic E-state index is 12.1. The zero-order valence-electron chi connectivity index (χ0n) is 12.1. The Morgan fingerprint density at radius 3 is 2.52 bits per heavy atom. The van der Waals surface area contributed by atoms with E-state index in [-0.39, 0.29) is 23.5 Å². The van der Waals surface area contributed by atoms with Crippen LogP contribution in [-0.2, 0) is 16.6 Å². The number of rotatable bonds is 6. The molecule has 0 fully saturated rings. The Hall–Kier alpha value is -2.47. The fourth-order valence-electron chi connectivity index (χ4n) is 1.90. The quantitative estimate of drug-likeness (QED) is 0.776. The third-order valence-electron chi connectivity index (χ3n) is 3.11. The average Bonchev–Trinajstić information content (AvgIpc) is 2.55. The van der Waals surface area contributed by atoms with Crippen LogP contribution in [-0.4, -0.2) is 30.7 Å². The molecule has 8 heteroatoms. The van der Waals surface area contributed by atoms with E-state index >= 15 is 0 Å². The zero-order chi connectivity index (χ0) is 16.9. The summed E-state index contributed by atoms with van der Waals surface area (Å²) in [4.78, 5) is 11.5. The lowest BCUT2D eigenvalue weighted by atomic mass is 10.2. The largest absolute Gasteiger partial charge is 0.390 e. The van der Waals surface area contributed by atoms with Crippen LogP contribution in [0.2, 0.25) is 0 Å². The second-order valence-corrected chi connectivity index (χ2v) is 6.60. The molecule has 0 bridgehead atoms. The molecule has 2 rings (SSSR count). The van der Waals surface area contributed by atoms with Gasteiger partial charge in [-0.2, -0.15) is 5.26 Å². The summed E-state index contributed by atoms with van der Waals surface area (Å²) in [7, 11) is -3.79. The van der Waals surface area contributed by atoms with Crippen molar-refractivity contribution in [3.63, 3.8) is 0 Å². The fourth-order valence-corrected chi connectivity index (χ4v) is 2.97. The summed E-state index contributed by atoms with van der Waals surface area (Å²) >= 11 is 0. The highest BCUT2D eigenvalue weighted by molar-refractivity contribution is 7.89. The summed E-state index contributed by atoms with van der Waals surface area (Å²) in [6.07, 6.45) is 0.462. The van der Waals surface area contributed by atoms with Crippen LogP contribution in [0.1, 0.15) is 5.56 Å². The molecule has 0 aliphatic carbocycles. The maximum Gasteiger partial charge on any atom is 0.250 e. The normalized spacial score (nSPS) is 12.5. The number of aliphatic hydroxyl groups excluding tert-OH is 1. The number of hydrogen-bond acceptors (Lipinski definition) is 5. The molecule has 7 nitrogen and oxygen atoms in total. The van der Waals surface area contributed by atoms with Crippen LogP contribution in [0.3, 0.4) is 0 Å². The van der Waals surface area contributed by atoms with Crippen LogP contribution < -0.4 is 10.3 Å². The van der Waals surface area contributed by atoms with Crippen molar-refractivity contribution in [3.8, 4) is 6.07 Å². The van der Waals surface area contributed by atoms with Gasteiger partial charge in [0.25, 0.3) is 5.56 Å². The highest BCUT2D eigenvalue weighted by Crippen LogP contribution is 2.09. The second kappa shape index (κ2) is 7.19. The molecule has 1 unspecified atom stereocenters. The van der Waals surface area contributed by atoms with Gasteiger partial charge in [0, 0.05) is 18.8 Å². The molecular formula is C15H15N3O4S. The Morgan fingerprint density at radius 2 is 1.91 bits per heavy atom. The van der Waals surface area contributed by atoms with Crippen molar-refractivity contribution in [1.29, 1.82) is 5.26 Å². The molecule has 0 aliphatic heterocycles. The fraction of sp³-hybridized carbons (Fsp3) is 0.200. The first kappa shape index (κ1) is 16.9. The van der Waals surface area contributed by atoms with E-state index < -0.39 is 16.1 Å². The van der Waals surface area contributed by atoms with Gasteiger partial charge in [-0.25, -0.2) is 13.1 Å². The third kappa shape index (κ3) is 4.50. The molecule has 0 spiro atoms. The number of pyridine rings is 1. The van der Waals surface area contributed by atoms with Crippen molar-refractivity contribution < 1.29 is 13.5 Å². The van der Waals surface area contributed by atoms with Crippen LogP contribution in [0.4, 0.5) is 0 Å². The predicted octanol–water partition coefficient (Wildman–Crippen LogP) is 0.0594. The zero-order valence-corrected chi connectivity index (χ0v) is 12.9. The van der Waals surface area contributed by atoms with Gasteiger partial charge in [0.2, 0.25) is 10.0 Å². The molecule has 0 saturated heterocycles. The van der Waals surface area contributed by atoms with Crippen LogP contribution in [0.25, 0.3) is 0 Å². The van der Waals surface area contributed by atoms with E-state index in [0.29, 0.717) is 5.56 Å². The van der Waals surface area contributed by atoms with Gasteiger partial charge in [0.1, 0.15) is 0 Å². The third-order valence-corrected chi connectivity index (χ3v) is 4.55. The number of hydrogen-bond donors (Lipinski definition) is 2. The van der Waals surface area contributed by atoms with E-state index in [1.807, 2.05) is 6.07 Å². The molecular weight excluding hydrogens is 318 g/mol. The molecule has 2 aromatic rings. The van der Waals surface area contributed by atoms with Gasteiger partial charge >= 0.3 is 0 Å². The number of benzene rings is 1. The Kier molecular flexibility index (Phi) is 5.28. The second-order valence-electron chi connectivity index (χ2n) is 4.83. The Bertz CT molecular complexity index is 867. The van der Waals surface area contributed by atoms with Crippen LogP contribution >= 0.6 is 0 Å². The molecule has 1 atom stereocenters. The summed E-state index contributed by atoms with van der Waals surface area (Å²) in [5.41, 5.74) is 0.0777. The van der Waals surface area contributed by atoms with E-state index in [0.717, 1.165) is 0 Å². The van der Waals surface area contributed by atoms with Gasteiger partial charge in [0.05, 0.1) is 29.2 Å². The van der Waals surface area contributed by atoms with E-state index in [9.17, 15) is 18.3 Å². The number of nitriles is 1. The standard InChI is InChI=1S/C15H15N3O4S/c16-9-12-4-6-14(7-5-12)23(21,22)17-10-13(19)11-18-8-2-1-3-15(18)20/h1-8,13,17,19H,10-11H2. The van der Waals surface area contributed by atoms with Crippen molar-refractivity contribution in [2.75, 3.05) is 6.54 Å². The van der Waals surface area contributed by atoms with Crippen LogP contribution in [0, 0.1) is 11.3 Å². The maximum absolute atomic E-state index is 12.1. The Balaban J connectivity index is 2.00. The summed E-state index contributed by atoms with van der Waals surface area (Å²) in [6.45, 7) is -0.251. The Labute approximate surface area is 133 Å². The number of aliphatic hydroxyl groups is 1. The molecule has 23 heavy (non-hydrogen) atoms. The van der Waals surface area contributed by atoms with Crippen LogP contribution in [0.15, 0.2) is 58.4 Å². The SMILES string of the molecule is N#Cc1ccc(S(=O)(=O)NCC(O)Cn2ccccc2=O)cc1. The smallest absolute Gasteiger partial charge is 0.250 e. The lowest BCUT2D eigenvalue weighted by Crippen LogP contribution is -2.36. The lowest BCUT2D eigenvalue weighted by Gasteiger charge is -2.13. The number of aromatic nitrogens is 1. The molecule has 0 aliphatic rings. The van der Waals surface area contributed by atoms with Crippen molar-refractivity contribution in [2.24, 2.45) is 0 Å². The van der Waals surface area contributed by atoms with Crippen molar-refractivity contribution in [2.45, 2.75) is 17.5 Å². The lowest BCUT2D eigenvalue weighted by molar-refractivity contribution is 0.156. The molecule has 1 heterocycles. The van der Waals surface area contributed by atoms with Gasteiger partial charge in [-0.3, -0.25) is 4.79 Å². The molecule has 0 radical (unpaired) electrons. The van der Waals surface area contributed by atoms with Crippen LogP contribution in [0.5, 0.6) is 0 Å². The summed E-state index contributed by atoms with van der Waals surface area (Å²) < 4.78 is 27.7. The van der Waals surface area contributed by atoms with Crippen molar-refractivity contribution in [3.05, 3.63) is 64.6 Å². The number of sulfonamides is 1. The minimum Gasteiger partial charge on any atom is -0.390 e. The molecule has 2 N–H and O–H groups in total. The van der Waals surface area contributed by atoms with Gasteiger partial charge in [-0.05, 0) is 30.3 Å². The van der Waals surface area contributed by atoms with Crippen molar-refractivity contribution in [1.82, 2.24) is 9.29 Å². The van der Waals surface area contributed by atoms with E-state index in [4.69, 9.17) is 5.26 Å². The first-order valence-electron chi connectivity index (χ1n) is 6.76. The molecule has 0 saturated carbocycles. The van der Waals surface area contributed by atoms with Gasteiger partial charge in [-0.15, -0.1) is 0 Å². The van der Waals surface area contributed by atoms with E-state index in [1.165, 1.54) is 41.1 Å². The van der Waals surface area contributed by atoms with E-state index in [2.05, 4.69) is 4.72 Å². The van der Waals surface area contributed by atoms with Crippen molar-refractivity contribution >= 4 is 10.0 Å². The molecule has 120 valence electrons. The Morgan fingerprint density at radius 1 is 1.22 bits per heavy atom. The molecule has 1 aromatic carbocycles. The molecule has 0 amide bonds. The first-order chi connectivity index (χ1) is 10.9.